The molecule has 0 heterocycles. The Kier molecular flexibility index (Phi) is 17.1. The molecule has 0 aliphatic carbocycles. The van der Waals surface area contributed by atoms with E-state index in [-0.39, 0.29) is 39.0 Å². The molecule has 0 spiro atoms. The Morgan fingerprint density at radius 2 is 1.09 bits per heavy atom. The van der Waals surface area contributed by atoms with Gasteiger partial charge in [0.2, 0.25) is 0 Å². The zero-order chi connectivity index (χ0) is 17.2. The first kappa shape index (κ1) is 22.3. The Hall–Kier alpha value is -0.720. The molecule has 2 atom stereocenters. The summed E-state index contributed by atoms with van der Waals surface area (Å²) in [5, 5.41) is 17.3. The summed E-state index contributed by atoms with van der Waals surface area (Å²) in [7, 11) is 0. The number of rotatable bonds is 16. The van der Waals surface area contributed by atoms with Crippen molar-refractivity contribution in [3.63, 3.8) is 0 Å². The highest BCUT2D eigenvalue weighted by Gasteiger charge is 2.02. The molecular formula is C18H34O5. The van der Waals surface area contributed by atoms with Crippen molar-refractivity contribution in [2.24, 2.45) is 0 Å². The van der Waals surface area contributed by atoms with E-state index < -0.39 is 0 Å². The van der Waals surface area contributed by atoms with Crippen molar-refractivity contribution in [3.05, 3.63) is 24.3 Å². The summed E-state index contributed by atoms with van der Waals surface area (Å²) in [5.41, 5.74) is 0. The highest BCUT2D eigenvalue weighted by atomic mass is 16.7. The summed E-state index contributed by atoms with van der Waals surface area (Å²) in [6.45, 7) is 4.92. The molecule has 5 nitrogen and oxygen atoms in total. The third-order valence-corrected chi connectivity index (χ3v) is 3.28. The topological polar surface area (TPSA) is 68.2 Å². The molecule has 5 heteroatoms. The largest absolute Gasteiger partial charge is 0.396 e. The number of ether oxygens (including phenoxy) is 3. The molecule has 0 fully saturated rings. The van der Waals surface area contributed by atoms with E-state index in [1.165, 1.54) is 0 Å². The fraction of sp³-hybridized carbons (Fsp3) is 0.778. The number of allylic oxidation sites excluding steroid dienone is 2. The zero-order valence-electron chi connectivity index (χ0n) is 14.7. The maximum absolute atomic E-state index is 8.65. The second kappa shape index (κ2) is 17.6. The Morgan fingerprint density at radius 3 is 1.48 bits per heavy atom. The van der Waals surface area contributed by atoms with E-state index in [4.69, 9.17) is 24.4 Å². The van der Waals surface area contributed by atoms with Crippen molar-refractivity contribution in [2.45, 2.75) is 64.6 Å². The fourth-order valence-corrected chi connectivity index (χ4v) is 1.81. The number of aliphatic hydroxyl groups excluding tert-OH is 2. The van der Waals surface area contributed by atoms with Crippen LogP contribution in [0.4, 0.5) is 0 Å². The molecule has 2 N–H and O–H groups in total. The molecule has 0 aromatic rings. The number of hydrogen-bond acceptors (Lipinski definition) is 5. The van der Waals surface area contributed by atoms with E-state index in [9.17, 15) is 0 Å². The van der Waals surface area contributed by atoms with E-state index in [1.54, 1.807) is 0 Å². The lowest BCUT2D eigenvalue weighted by molar-refractivity contribution is -0.160. The lowest BCUT2D eigenvalue weighted by atomic mass is 10.2. The van der Waals surface area contributed by atoms with E-state index in [2.05, 4.69) is 12.2 Å². The average Bonchev–Trinajstić information content (AvgIpc) is 2.54. The van der Waals surface area contributed by atoms with Gasteiger partial charge < -0.3 is 24.4 Å². The van der Waals surface area contributed by atoms with Crippen LogP contribution >= 0.6 is 0 Å². The normalized spacial score (nSPS) is 14.8. The Bertz CT molecular complexity index is 263. The second-order valence-corrected chi connectivity index (χ2v) is 5.52. The van der Waals surface area contributed by atoms with Gasteiger partial charge in [-0.3, -0.25) is 0 Å². The Morgan fingerprint density at radius 1 is 0.696 bits per heavy atom. The van der Waals surface area contributed by atoms with Gasteiger partial charge in [-0.15, -0.1) is 0 Å². The maximum atomic E-state index is 8.65. The zero-order valence-corrected chi connectivity index (χ0v) is 14.7. The molecule has 0 aliphatic rings. The van der Waals surface area contributed by atoms with Crippen LogP contribution in [0.1, 0.15) is 52.4 Å². The molecule has 0 bridgehead atoms. The van der Waals surface area contributed by atoms with Crippen LogP contribution in [0, 0.1) is 0 Å². The van der Waals surface area contributed by atoms with Crippen molar-refractivity contribution in [2.75, 3.05) is 26.8 Å². The lowest BCUT2D eigenvalue weighted by Gasteiger charge is -2.14. The Labute approximate surface area is 140 Å². The molecule has 136 valence electrons. The molecule has 0 rings (SSSR count). The van der Waals surface area contributed by atoms with Gasteiger partial charge in [0.1, 0.15) is 13.6 Å². The minimum absolute atomic E-state index is 0.142. The summed E-state index contributed by atoms with van der Waals surface area (Å²) in [6.07, 6.45) is 13.6. The van der Waals surface area contributed by atoms with Crippen LogP contribution in [0.2, 0.25) is 0 Å². The van der Waals surface area contributed by atoms with Gasteiger partial charge in [0.05, 0.1) is 12.2 Å². The molecule has 0 amide bonds. The van der Waals surface area contributed by atoms with Crippen LogP contribution in [-0.4, -0.2) is 49.2 Å². The van der Waals surface area contributed by atoms with Gasteiger partial charge in [-0.05, 0) is 52.4 Å². The van der Waals surface area contributed by atoms with Crippen molar-refractivity contribution >= 4 is 0 Å². The quantitative estimate of drug-likeness (QED) is 0.258. The molecule has 0 aliphatic heterocycles. The van der Waals surface area contributed by atoms with Crippen LogP contribution < -0.4 is 0 Å². The van der Waals surface area contributed by atoms with Gasteiger partial charge in [0.15, 0.2) is 0 Å². The summed E-state index contributed by atoms with van der Waals surface area (Å²) in [6, 6.07) is 0. The van der Waals surface area contributed by atoms with E-state index in [0.717, 1.165) is 25.7 Å². The van der Waals surface area contributed by atoms with Crippen molar-refractivity contribution in [1.82, 2.24) is 0 Å². The third kappa shape index (κ3) is 17.5. The Balaban J connectivity index is 3.39. The first-order valence-electron chi connectivity index (χ1n) is 8.53. The van der Waals surface area contributed by atoms with Crippen LogP contribution in [0.5, 0.6) is 0 Å². The third-order valence-electron chi connectivity index (χ3n) is 3.28. The van der Waals surface area contributed by atoms with Crippen molar-refractivity contribution in [3.8, 4) is 0 Å². The monoisotopic (exact) mass is 330 g/mol. The maximum Gasteiger partial charge on any atom is 0.149 e. The number of aliphatic hydroxyl groups is 2. The molecule has 0 aromatic carbocycles. The van der Waals surface area contributed by atoms with Gasteiger partial charge in [0.25, 0.3) is 0 Å². The van der Waals surface area contributed by atoms with Gasteiger partial charge in [-0.1, -0.05) is 24.3 Å². The highest BCUT2D eigenvalue weighted by molar-refractivity contribution is 4.82. The molecule has 0 saturated carbocycles. The summed E-state index contributed by atoms with van der Waals surface area (Å²) in [5.74, 6) is 0. The number of hydrogen-bond donors (Lipinski definition) is 2. The lowest BCUT2D eigenvalue weighted by Crippen LogP contribution is -2.15. The predicted octanol–water partition coefficient (Wildman–Crippen LogP) is 3.17. The first-order chi connectivity index (χ1) is 11.2. The molecule has 0 saturated heterocycles. The molecule has 0 radical (unpaired) electrons. The fourth-order valence-electron chi connectivity index (χ4n) is 1.81. The minimum Gasteiger partial charge on any atom is -0.396 e. The van der Waals surface area contributed by atoms with Crippen LogP contribution in [-0.2, 0) is 14.2 Å². The van der Waals surface area contributed by atoms with E-state index in [1.807, 2.05) is 26.0 Å². The van der Waals surface area contributed by atoms with Gasteiger partial charge in [-0.2, -0.15) is 0 Å². The minimum atomic E-state index is 0.142. The average molecular weight is 330 g/mol. The predicted molar refractivity (Wildman–Crippen MR) is 92.1 cm³/mol. The van der Waals surface area contributed by atoms with Crippen molar-refractivity contribution < 1.29 is 24.4 Å². The van der Waals surface area contributed by atoms with Crippen LogP contribution in [0.3, 0.4) is 0 Å². The smallest absolute Gasteiger partial charge is 0.149 e. The molecular weight excluding hydrogens is 296 g/mol. The van der Waals surface area contributed by atoms with Crippen LogP contribution in [0.25, 0.3) is 0 Å². The van der Waals surface area contributed by atoms with Gasteiger partial charge in [-0.25, -0.2) is 0 Å². The summed E-state index contributed by atoms with van der Waals surface area (Å²) in [4.78, 5) is 0. The first-order valence-corrected chi connectivity index (χ1v) is 8.53. The molecule has 23 heavy (non-hydrogen) atoms. The highest BCUT2D eigenvalue weighted by Crippen LogP contribution is 2.05. The second-order valence-electron chi connectivity index (χ2n) is 5.52. The van der Waals surface area contributed by atoms with E-state index >= 15 is 0 Å². The van der Waals surface area contributed by atoms with Crippen LogP contribution in [0.15, 0.2) is 24.3 Å². The summed E-state index contributed by atoms with van der Waals surface area (Å²) >= 11 is 0. The standard InChI is InChI=1S/C18H34O5/c1-17(11-7-3-5-9-13-19)22-15-21-16-23-18(2)12-8-4-6-10-14-20/h3-6,17-20H,7-16H2,1-2H3. The SMILES string of the molecule is CC(CCC=CCCO)OCOCOC(C)CCC=CCCO. The van der Waals surface area contributed by atoms with Crippen molar-refractivity contribution in [1.29, 1.82) is 0 Å². The van der Waals surface area contributed by atoms with E-state index in [0.29, 0.717) is 12.8 Å². The van der Waals surface area contributed by atoms with Gasteiger partial charge in [0, 0.05) is 13.2 Å². The molecule has 2 unspecified atom stereocenters. The van der Waals surface area contributed by atoms with Gasteiger partial charge >= 0.3 is 0 Å². The molecule has 0 aromatic heterocycles. The summed E-state index contributed by atoms with van der Waals surface area (Å²) < 4.78 is 16.4.